The number of amides is 1. The molecule has 1 aromatic rings. The molecule has 0 saturated carbocycles. The fraction of sp³-hybridized carbons (Fsp3) is 0.500. The molecule has 2 rings (SSSR count). The largest absolute Gasteiger partial charge is 0.373 e. The van der Waals surface area contributed by atoms with Crippen molar-refractivity contribution in [2.45, 2.75) is 6.42 Å². The molecule has 6 heteroatoms. The van der Waals surface area contributed by atoms with E-state index in [-0.39, 0.29) is 5.91 Å². The number of carbonyl (C=O) groups is 1. The molecule has 1 aliphatic heterocycles. The lowest BCUT2D eigenvalue weighted by Gasteiger charge is -2.20. The van der Waals surface area contributed by atoms with Crippen LogP contribution in [0.2, 0.25) is 0 Å². The molecule has 0 unspecified atom stereocenters. The molecule has 1 fully saturated rings. The first kappa shape index (κ1) is 10.7. The maximum absolute atomic E-state index is 11.2. The third-order valence-electron chi connectivity index (χ3n) is 2.55. The van der Waals surface area contributed by atoms with Gasteiger partial charge in [-0.25, -0.2) is 9.97 Å². The molecular weight excluding hydrogens is 206 g/mol. The van der Waals surface area contributed by atoms with Gasteiger partial charge in [0.25, 0.3) is 0 Å². The average molecular weight is 221 g/mol. The Morgan fingerprint density at radius 2 is 2.31 bits per heavy atom. The van der Waals surface area contributed by atoms with Crippen molar-refractivity contribution in [1.29, 1.82) is 0 Å². The van der Waals surface area contributed by atoms with Crippen molar-refractivity contribution in [2.24, 2.45) is 0 Å². The number of rotatable bonds is 2. The van der Waals surface area contributed by atoms with E-state index in [2.05, 4.69) is 25.5 Å². The fourth-order valence-electron chi connectivity index (χ4n) is 1.65. The van der Waals surface area contributed by atoms with Crippen LogP contribution in [0.25, 0.3) is 0 Å². The van der Waals surface area contributed by atoms with Gasteiger partial charge in [0, 0.05) is 39.2 Å². The van der Waals surface area contributed by atoms with E-state index in [0.29, 0.717) is 19.5 Å². The Labute approximate surface area is 94.1 Å². The van der Waals surface area contributed by atoms with Gasteiger partial charge in [-0.1, -0.05) is 0 Å². The fourth-order valence-corrected chi connectivity index (χ4v) is 1.65. The van der Waals surface area contributed by atoms with Crippen LogP contribution in [0.3, 0.4) is 0 Å². The first-order valence-electron chi connectivity index (χ1n) is 5.31. The van der Waals surface area contributed by atoms with Crippen molar-refractivity contribution in [3.05, 3.63) is 12.4 Å². The van der Waals surface area contributed by atoms with E-state index in [9.17, 15) is 4.79 Å². The van der Waals surface area contributed by atoms with Crippen LogP contribution >= 0.6 is 0 Å². The quantitative estimate of drug-likeness (QED) is 0.726. The second-order valence-corrected chi connectivity index (χ2v) is 3.60. The minimum Gasteiger partial charge on any atom is -0.373 e. The first-order chi connectivity index (χ1) is 7.79. The number of hydrogen-bond acceptors (Lipinski definition) is 5. The number of aromatic nitrogens is 2. The van der Waals surface area contributed by atoms with Crippen molar-refractivity contribution in [3.8, 4) is 0 Å². The maximum atomic E-state index is 11.2. The van der Waals surface area contributed by atoms with Crippen LogP contribution in [0.1, 0.15) is 6.42 Å². The number of nitrogens with one attached hydrogen (secondary N) is 2. The summed E-state index contributed by atoms with van der Waals surface area (Å²) in [5, 5.41) is 5.80. The molecule has 0 aromatic carbocycles. The lowest BCUT2D eigenvalue weighted by Crippen LogP contribution is -2.29. The van der Waals surface area contributed by atoms with Crippen molar-refractivity contribution >= 4 is 17.5 Å². The third-order valence-corrected chi connectivity index (χ3v) is 2.55. The lowest BCUT2D eigenvalue weighted by atomic mass is 10.3. The number of nitrogens with zero attached hydrogens (tertiary/aromatic N) is 3. The Hall–Kier alpha value is -1.85. The highest BCUT2D eigenvalue weighted by Gasteiger charge is 2.14. The molecular formula is C10H15N5O. The van der Waals surface area contributed by atoms with Crippen LogP contribution in [0.5, 0.6) is 0 Å². The highest BCUT2D eigenvalue weighted by atomic mass is 16.1. The van der Waals surface area contributed by atoms with Crippen LogP contribution < -0.4 is 15.5 Å². The lowest BCUT2D eigenvalue weighted by molar-refractivity contribution is -0.120. The topological polar surface area (TPSA) is 70.2 Å². The molecule has 1 aliphatic rings. The summed E-state index contributed by atoms with van der Waals surface area (Å²) in [7, 11) is 1.82. The zero-order valence-electron chi connectivity index (χ0n) is 9.23. The van der Waals surface area contributed by atoms with E-state index in [1.165, 1.54) is 6.33 Å². The van der Waals surface area contributed by atoms with Crippen LogP contribution in [-0.4, -0.2) is 42.6 Å². The van der Waals surface area contributed by atoms with Crippen LogP contribution in [0.15, 0.2) is 12.4 Å². The molecule has 0 bridgehead atoms. The van der Waals surface area contributed by atoms with E-state index >= 15 is 0 Å². The van der Waals surface area contributed by atoms with Gasteiger partial charge in [-0.05, 0) is 0 Å². The van der Waals surface area contributed by atoms with Gasteiger partial charge < -0.3 is 15.5 Å². The van der Waals surface area contributed by atoms with Gasteiger partial charge in [-0.15, -0.1) is 0 Å². The minimum atomic E-state index is 0.102. The second-order valence-electron chi connectivity index (χ2n) is 3.60. The Kier molecular flexibility index (Phi) is 3.19. The predicted octanol–water partition coefficient (Wildman–Crippen LogP) is -0.155. The predicted molar refractivity (Wildman–Crippen MR) is 61.4 cm³/mol. The number of carbonyl (C=O) groups excluding carboxylic acids is 1. The molecule has 1 saturated heterocycles. The summed E-state index contributed by atoms with van der Waals surface area (Å²) in [6.07, 6.45) is 2.04. The average Bonchev–Trinajstić information content (AvgIpc) is 2.54. The smallest absolute Gasteiger partial charge is 0.221 e. The molecule has 2 heterocycles. The highest BCUT2D eigenvalue weighted by molar-refractivity contribution is 5.77. The summed E-state index contributed by atoms with van der Waals surface area (Å²) >= 11 is 0. The molecule has 6 nitrogen and oxygen atoms in total. The van der Waals surface area contributed by atoms with E-state index in [0.717, 1.165) is 18.2 Å². The molecule has 0 aliphatic carbocycles. The molecule has 0 atom stereocenters. The monoisotopic (exact) mass is 221 g/mol. The van der Waals surface area contributed by atoms with Crippen LogP contribution in [0.4, 0.5) is 11.6 Å². The Morgan fingerprint density at radius 1 is 1.44 bits per heavy atom. The molecule has 86 valence electrons. The van der Waals surface area contributed by atoms with E-state index in [1.54, 1.807) is 0 Å². The molecule has 2 N–H and O–H groups in total. The summed E-state index contributed by atoms with van der Waals surface area (Å²) in [6.45, 7) is 2.15. The van der Waals surface area contributed by atoms with Crippen molar-refractivity contribution < 1.29 is 4.79 Å². The Morgan fingerprint density at radius 3 is 3.12 bits per heavy atom. The zero-order chi connectivity index (χ0) is 11.4. The Balaban J connectivity index is 2.13. The first-order valence-corrected chi connectivity index (χ1v) is 5.31. The molecule has 0 spiro atoms. The second kappa shape index (κ2) is 4.78. The number of hydrogen-bond donors (Lipinski definition) is 2. The van der Waals surface area contributed by atoms with Crippen LogP contribution in [0, 0.1) is 0 Å². The van der Waals surface area contributed by atoms with Gasteiger partial charge >= 0.3 is 0 Å². The van der Waals surface area contributed by atoms with Crippen molar-refractivity contribution in [2.75, 3.05) is 36.9 Å². The van der Waals surface area contributed by atoms with Crippen LogP contribution in [-0.2, 0) is 4.79 Å². The summed E-state index contributed by atoms with van der Waals surface area (Å²) in [5.74, 6) is 1.75. The summed E-state index contributed by atoms with van der Waals surface area (Å²) in [4.78, 5) is 21.6. The summed E-state index contributed by atoms with van der Waals surface area (Å²) in [6, 6.07) is 1.88. The van der Waals surface area contributed by atoms with Crippen molar-refractivity contribution in [1.82, 2.24) is 15.3 Å². The maximum Gasteiger partial charge on any atom is 0.221 e. The SMILES string of the molecule is CNc1cc(N2CCNC(=O)CC2)ncn1. The Bertz CT molecular complexity index is 381. The van der Waals surface area contributed by atoms with Gasteiger partial charge in [0.15, 0.2) is 0 Å². The van der Waals surface area contributed by atoms with Gasteiger partial charge in [-0.2, -0.15) is 0 Å². The van der Waals surface area contributed by atoms with E-state index < -0.39 is 0 Å². The third kappa shape index (κ3) is 2.39. The molecule has 0 radical (unpaired) electrons. The van der Waals surface area contributed by atoms with Gasteiger partial charge in [0.2, 0.25) is 5.91 Å². The molecule has 16 heavy (non-hydrogen) atoms. The summed E-state index contributed by atoms with van der Waals surface area (Å²) in [5.41, 5.74) is 0. The van der Waals surface area contributed by atoms with E-state index in [4.69, 9.17) is 0 Å². The summed E-state index contributed by atoms with van der Waals surface area (Å²) < 4.78 is 0. The van der Waals surface area contributed by atoms with Gasteiger partial charge in [0.05, 0.1) is 0 Å². The van der Waals surface area contributed by atoms with Gasteiger partial charge in [-0.3, -0.25) is 4.79 Å². The molecule has 1 aromatic heterocycles. The van der Waals surface area contributed by atoms with Gasteiger partial charge in [0.1, 0.15) is 18.0 Å². The normalized spacial score (nSPS) is 16.6. The highest BCUT2D eigenvalue weighted by Crippen LogP contribution is 2.14. The number of anilines is 2. The minimum absolute atomic E-state index is 0.102. The standard InChI is InChI=1S/C10H15N5O/c1-11-8-6-9(14-7-13-8)15-4-2-10(16)12-3-5-15/h6-7H,2-5H2,1H3,(H,12,16)(H,11,13,14). The zero-order valence-corrected chi connectivity index (χ0v) is 9.23. The van der Waals surface area contributed by atoms with E-state index in [1.807, 2.05) is 13.1 Å². The van der Waals surface area contributed by atoms with Crippen molar-refractivity contribution in [3.63, 3.8) is 0 Å². The molecule has 1 amide bonds.